The fourth-order valence-corrected chi connectivity index (χ4v) is 1.36. The van der Waals surface area contributed by atoms with Gasteiger partial charge >= 0.3 is 5.97 Å². The van der Waals surface area contributed by atoms with Crippen molar-refractivity contribution >= 4 is 5.97 Å². The van der Waals surface area contributed by atoms with E-state index in [9.17, 15) is 4.79 Å². The third kappa shape index (κ3) is 2.79. The minimum Gasteiger partial charge on any atom is -0.493 e. The van der Waals surface area contributed by atoms with E-state index in [1.165, 1.54) is 33.5 Å². The van der Waals surface area contributed by atoms with Gasteiger partial charge in [-0.2, -0.15) is 0 Å². The first-order valence-electron chi connectivity index (χ1n) is 4.85. The Kier molecular flexibility index (Phi) is 4.59. The molecule has 2 N–H and O–H groups in total. The summed E-state index contributed by atoms with van der Waals surface area (Å²) in [4.78, 5) is 11.5. The van der Waals surface area contributed by atoms with Crippen LogP contribution in [0.1, 0.15) is 10.4 Å². The first kappa shape index (κ1) is 13.1. The molecule has 6 heteroatoms. The molecule has 0 amide bonds. The van der Waals surface area contributed by atoms with Crippen LogP contribution in [0.25, 0.3) is 0 Å². The summed E-state index contributed by atoms with van der Waals surface area (Å²) in [6.45, 7) is -0.185. The second-order valence-electron chi connectivity index (χ2n) is 3.01. The zero-order valence-electron chi connectivity index (χ0n) is 9.98. The van der Waals surface area contributed by atoms with Crippen molar-refractivity contribution in [3.63, 3.8) is 0 Å². The normalized spacial score (nSPS) is 9.65. The van der Waals surface area contributed by atoms with E-state index in [0.29, 0.717) is 17.2 Å². The minimum atomic E-state index is -0.549. The van der Waals surface area contributed by atoms with Crippen molar-refractivity contribution in [1.29, 1.82) is 0 Å². The van der Waals surface area contributed by atoms with Gasteiger partial charge in [-0.25, -0.2) is 4.79 Å². The van der Waals surface area contributed by atoms with Crippen LogP contribution in [0.3, 0.4) is 0 Å². The molecule has 0 fully saturated rings. The third-order valence-electron chi connectivity index (χ3n) is 2.11. The Hall–Kier alpha value is -1.95. The molecule has 0 heterocycles. The van der Waals surface area contributed by atoms with Crippen LogP contribution in [0.4, 0.5) is 0 Å². The smallest absolute Gasteiger partial charge is 0.339 e. The highest BCUT2D eigenvalue weighted by molar-refractivity contribution is 5.91. The summed E-state index contributed by atoms with van der Waals surface area (Å²) in [5.41, 5.74) is 5.42. The molecule has 0 unspecified atom stereocenters. The lowest BCUT2D eigenvalue weighted by molar-refractivity contribution is 0.0514. The van der Waals surface area contributed by atoms with Gasteiger partial charge in [-0.05, 0) is 12.1 Å². The molecule has 1 aromatic carbocycles. The molecule has 17 heavy (non-hydrogen) atoms. The van der Waals surface area contributed by atoms with E-state index in [-0.39, 0.29) is 12.3 Å². The molecule has 1 rings (SSSR count). The molecule has 1 aromatic rings. The molecule has 94 valence electrons. The number of nitrogens with two attached hydrogens (primary N) is 1. The van der Waals surface area contributed by atoms with Crippen molar-refractivity contribution in [3.05, 3.63) is 17.7 Å². The zero-order valence-corrected chi connectivity index (χ0v) is 9.98. The first-order valence-corrected chi connectivity index (χ1v) is 4.85. The fourth-order valence-electron chi connectivity index (χ4n) is 1.36. The van der Waals surface area contributed by atoms with E-state index in [1.807, 2.05) is 0 Å². The number of ether oxygens (including phenoxy) is 4. The van der Waals surface area contributed by atoms with Crippen LogP contribution in [0.2, 0.25) is 0 Å². The van der Waals surface area contributed by atoms with Gasteiger partial charge in [0.2, 0.25) is 5.75 Å². The van der Waals surface area contributed by atoms with Crippen LogP contribution in [0, 0.1) is 0 Å². The minimum absolute atomic E-state index is 0.185. The Bertz CT molecular complexity index is 380. The zero-order chi connectivity index (χ0) is 12.8. The van der Waals surface area contributed by atoms with Gasteiger partial charge in [0.15, 0.2) is 11.5 Å². The van der Waals surface area contributed by atoms with Crippen LogP contribution in [-0.2, 0) is 4.74 Å². The molecule has 0 aliphatic rings. The quantitative estimate of drug-likeness (QED) is 0.606. The van der Waals surface area contributed by atoms with Crippen LogP contribution >= 0.6 is 0 Å². The van der Waals surface area contributed by atoms with Crippen molar-refractivity contribution in [1.82, 2.24) is 0 Å². The van der Waals surface area contributed by atoms with Gasteiger partial charge < -0.3 is 18.9 Å². The maximum atomic E-state index is 11.5. The lowest BCUT2D eigenvalue weighted by Crippen LogP contribution is -2.12. The molecular weight excluding hydrogens is 226 g/mol. The number of methoxy groups -OCH3 is 3. The highest BCUT2D eigenvalue weighted by Gasteiger charge is 2.17. The summed E-state index contributed by atoms with van der Waals surface area (Å²) in [6, 6.07) is 3.00. The molecule has 0 saturated heterocycles. The lowest BCUT2D eigenvalue weighted by Gasteiger charge is -2.13. The maximum Gasteiger partial charge on any atom is 0.339 e. The van der Waals surface area contributed by atoms with Gasteiger partial charge in [0.05, 0.1) is 26.9 Å². The number of rotatable bonds is 5. The van der Waals surface area contributed by atoms with Crippen LogP contribution in [0.5, 0.6) is 17.2 Å². The fraction of sp³-hybridized carbons (Fsp3) is 0.364. The Balaban J connectivity index is 3.22. The van der Waals surface area contributed by atoms with Crippen molar-refractivity contribution in [2.45, 2.75) is 0 Å². The molecule has 6 nitrogen and oxygen atoms in total. The second-order valence-corrected chi connectivity index (χ2v) is 3.01. The van der Waals surface area contributed by atoms with Crippen molar-refractivity contribution in [2.75, 3.05) is 28.1 Å². The summed E-state index contributed by atoms with van der Waals surface area (Å²) in [7, 11) is 4.42. The highest BCUT2D eigenvalue weighted by Crippen LogP contribution is 2.38. The molecule has 0 aliphatic heterocycles. The molecule has 0 spiro atoms. The number of hydrogen-bond acceptors (Lipinski definition) is 6. The Morgan fingerprint density at radius 1 is 1.12 bits per heavy atom. The van der Waals surface area contributed by atoms with Gasteiger partial charge in [0.25, 0.3) is 0 Å². The van der Waals surface area contributed by atoms with Gasteiger partial charge in [-0.1, -0.05) is 0 Å². The second kappa shape index (κ2) is 5.95. The summed E-state index contributed by atoms with van der Waals surface area (Å²) in [5.74, 6) is 0.637. The number of hydrogen-bond donors (Lipinski definition) is 1. The van der Waals surface area contributed by atoms with E-state index < -0.39 is 5.97 Å². The number of esters is 1. The monoisotopic (exact) mass is 241 g/mol. The Labute approximate surface area is 99.2 Å². The van der Waals surface area contributed by atoms with E-state index in [2.05, 4.69) is 4.74 Å². The summed E-state index contributed by atoms with van der Waals surface area (Å²) in [6.07, 6.45) is 0. The predicted octanol–water partition coefficient (Wildman–Crippen LogP) is 0.785. The topological polar surface area (TPSA) is 80.0 Å². The maximum absolute atomic E-state index is 11.5. The third-order valence-corrected chi connectivity index (χ3v) is 2.11. The number of carbonyl (C=O) groups is 1. The Morgan fingerprint density at radius 3 is 2.00 bits per heavy atom. The van der Waals surface area contributed by atoms with Crippen molar-refractivity contribution in [3.8, 4) is 17.2 Å². The summed E-state index contributed by atoms with van der Waals surface area (Å²) < 4.78 is 20.0. The van der Waals surface area contributed by atoms with Crippen LogP contribution < -0.4 is 19.9 Å². The van der Waals surface area contributed by atoms with Crippen molar-refractivity contribution in [2.24, 2.45) is 5.73 Å². The number of benzene rings is 1. The standard InChI is InChI=1S/C11H15NO5/c1-14-8-4-7(11(13)17-6-12)5-9(15-2)10(8)16-3/h4-5H,6,12H2,1-3H3. The van der Waals surface area contributed by atoms with Crippen molar-refractivity contribution < 1.29 is 23.7 Å². The van der Waals surface area contributed by atoms with E-state index >= 15 is 0 Å². The summed E-state index contributed by atoms with van der Waals surface area (Å²) in [5, 5.41) is 0. The predicted molar refractivity (Wildman–Crippen MR) is 60.6 cm³/mol. The highest BCUT2D eigenvalue weighted by atomic mass is 16.5. The number of carbonyl (C=O) groups excluding carboxylic acids is 1. The van der Waals surface area contributed by atoms with Gasteiger partial charge in [0.1, 0.15) is 6.73 Å². The van der Waals surface area contributed by atoms with Crippen LogP contribution in [-0.4, -0.2) is 34.0 Å². The average Bonchev–Trinajstić information content (AvgIpc) is 2.37. The van der Waals surface area contributed by atoms with Crippen LogP contribution in [0.15, 0.2) is 12.1 Å². The van der Waals surface area contributed by atoms with Gasteiger partial charge in [-0.3, -0.25) is 5.73 Å². The first-order chi connectivity index (χ1) is 8.17. The largest absolute Gasteiger partial charge is 0.493 e. The van der Waals surface area contributed by atoms with E-state index in [0.717, 1.165) is 0 Å². The SMILES string of the molecule is COc1cc(C(=O)OCN)cc(OC)c1OC. The molecule has 0 bridgehead atoms. The molecule has 0 aliphatic carbocycles. The molecule has 0 radical (unpaired) electrons. The molecule has 0 saturated carbocycles. The average molecular weight is 241 g/mol. The molecule has 0 atom stereocenters. The lowest BCUT2D eigenvalue weighted by atomic mass is 10.2. The summed E-state index contributed by atoms with van der Waals surface area (Å²) >= 11 is 0. The van der Waals surface area contributed by atoms with Gasteiger partial charge in [-0.15, -0.1) is 0 Å². The molecular formula is C11H15NO5. The van der Waals surface area contributed by atoms with Gasteiger partial charge in [0, 0.05) is 0 Å². The van der Waals surface area contributed by atoms with E-state index in [1.54, 1.807) is 0 Å². The van der Waals surface area contributed by atoms with E-state index in [4.69, 9.17) is 19.9 Å². The molecule has 0 aromatic heterocycles. The Morgan fingerprint density at radius 2 is 1.65 bits per heavy atom.